The molecule has 10 atom stereocenters. The second-order valence-corrected chi connectivity index (χ2v) is 16.1. The van der Waals surface area contributed by atoms with Crippen LogP contribution in [0.4, 0.5) is 0 Å². The number of benzene rings is 6. The largest absolute Gasteiger partial charge is 0.459 e. The van der Waals surface area contributed by atoms with Crippen LogP contribution in [0.1, 0.15) is 62.1 Å². The zero-order chi connectivity index (χ0) is 49.7. The maximum Gasteiger partial charge on any atom is 0.338 e. The fraction of sp³-hybridized carbons (Fsp3) is 0.222. The van der Waals surface area contributed by atoms with Crippen molar-refractivity contribution < 1.29 is 81.6 Å². The predicted molar refractivity (Wildman–Crippen MR) is 246 cm³/mol. The van der Waals surface area contributed by atoms with Gasteiger partial charge in [0.25, 0.3) is 0 Å². The summed E-state index contributed by atoms with van der Waals surface area (Å²) in [6.07, 6.45) is -17.8. The molecule has 0 aromatic heterocycles. The molecule has 6 aromatic carbocycles. The molecular weight excluding hydrogens is 921 g/mol. The number of carbonyl (C=O) groups excluding carboxylic acids is 6. The van der Waals surface area contributed by atoms with Gasteiger partial charge in [-0.1, -0.05) is 109 Å². The van der Waals surface area contributed by atoms with Gasteiger partial charge < -0.3 is 52.8 Å². The highest BCUT2D eigenvalue weighted by atomic mass is 16.7. The first kappa shape index (κ1) is 49.4. The van der Waals surface area contributed by atoms with E-state index in [1.54, 1.807) is 109 Å². The van der Waals surface area contributed by atoms with Gasteiger partial charge in [-0.15, -0.1) is 0 Å². The number of ether oxygens (including phenoxy) is 9. The molecule has 17 nitrogen and oxygen atoms in total. The van der Waals surface area contributed by atoms with Crippen molar-refractivity contribution in [3.8, 4) is 0 Å². The minimum Gasteiger partial charge on any atom is -0.459 e. The van der Waals surface area contributed by atoms with Crippen LogP contribution in [0.3, 0.4) is 0 Å². The van der Waals surface area contributed by atoms with Gasteiger partial charge in [0, 0.05) is 0 Å². The molecule has 8 rings (SSSR count). The van der Waals surface area contributed by atoms with Gasteiger partial charge in [0.05, 0.1) is 40.0 Å². The van der Waals surface area contributed by atoms with Gasteiger partial charge in [-0.05, 0) is 72.8 Å². The van der Waals surface area contributed by atoms with Gasteiger partial charge in [0.15, 0.2) is 43.1 Å². The van der Waals surface area contributed by atoms with Crippen LogP contribution in [0, 0.1) is 0 Å². The van der Waals surface area contributed by atoms with Crippen LogP contribution >= 0.6 is 0 Å². The summed E-state index contributed by atoms with van der Waals surface area (Å²) in [6.45, 7) is -1.40. The zero-order valence-electron chi connectivity index (χ0n) is 37.5. The summed E-state index contributed by atoms with van der Waals surface area (Å²) in [5, 5.41) is 23.8. The normalized spacial score (nSPS) is 23.7. The number of hydrogen-bond donors (Lipinski definition) is 2. The first-order valence-corrected chi connectivity index (χ1v) is 22.3. The van der Waals surface area contributed by atoms with E-state index < -0.39 is 110 Å². The zero-order valence-corrected chi connectivity index (χ0v) is 37.5. The molecule has 364 valence electrons. The molecule has 6 aromatic rings. The Labute approximate surface area is 406 Å². The van der Waals surface area contributed by atoms with Crippen molar-refractivity contribution in [1.29, 1.82) is 0 Å². The molecule has 71 heavy (non-hydrogen) atoms. The summed E-state index contributed by atoms with van der Waals surface area (Å²) >= 11 is 0. The van der Waals surface area contributed by atoms with Crippen molar-refractivity contribution in [1.82, 2.24) is 0 Å². The predicted octanol–water partition coefficient (Wildman–Crippen LogP) is 5.79. The lowest BCUT2D eigenvalue weighted by molar-refractivity contribution is -0.323. The molecular formula is C54H46O17. The fourth-order valence-electron chi connectivity index (χ4n) is 7.71. The van der Waals surface area contributed by atoms with Crippen molar-refractivity contribution in [2.24, 2.45) is 0 Å². The molecule has 0 spiro atoms. The van der Waals surface area contributed by atoms with Crippen molar-refractivity contribution in [2.75, 3.05) is 13.2 Å². The lowest BCUT2D eigenvalue weighted by Crippen LogP contribution is -2.64. The molecule has 0 unspecified atom stereocenters. The standard InChI is InChI=1S/C54H46O17/c55-41-44(69-50(59)36-25-13-4-14-26-36)42(67-48(57)34-21-9-2-10-22-34)40(31-63-47(56)33-19-7-1-8-20-33)66-54(41)64-32-39-43(68-49(58)35-23-11-3-12-24-35)45(70-51(60)37-27-15-5-16-28-37)46(53(62)65-39)71-52(61)38-29-17-6-18-30-38/h1-30,39-46,53-55,62H,31-32H2/t39-,40-,41+,42-,43-,44-,45+,46+,53+,54+/m1/s1. The number of carbonyl (C=O) groups is 6. The first-order valence-electron chi connectivity index (χ1n) is 22.3. The molecule has 2 fully saturated rings. The third-order valence-corrected chi connectivity index (χ3v) is 11.3. The van der Waals surface area contributed by atoms with Gasteiger partial charge in [0.1, 0.15) is 24.9 Å². The number of aliphatic hydroxyl groups excluding tert-OH is 2. The van der Waals surface area contributed by atoms with E-state index in [4.69, 9.17) is 42.6 Å². The maximum absolute atomic E-state index is 13.9. The highest BCUT2D eigenvalue weighted by Crippen LogP contribution is 2.33. The van der Waals surface area contributed by atoms with Crippen molar-refractivity contribution in [3.05, 3.63) is 215 Å². The number of esters is 6. The Kier molecular flexibility index (Phi) is 16.3. The van der Waals surface area contributed by atoms with Crippen LogP contribution in [0.2, 0.25) is 0 Å². The quantitative estimate of drug-likeness (QED) is 0.0864. The Hall–Kier alpha value is -8.06. The molecule has 0 amide bonds. The summed E-state index contributed by atoms with van der Waals surface area (Å²) in [4.78, 5) is 81.9. The van der Waals surface area contributed by atoms with Gasteiger partial charge in [0.2, 0.25) is 0 Å². The van der Waals surface area contributed by atoms with Crippen LogP contribution in [-0.2, 0) is 42.6 Å². The van der Waals surface area contributed by atoms with Crippen LogP contribution in [0.25, 0.3) is 0 Å². The molecule has 2 heterocycles. The fourth-order valence-corrected chi connectivity index (χ4v) is 7.71. The Morgan fingerprint density at radius 2 is 0.648 bits per heavy atom. The Morgan fingerprint density at radius 1 is 0.352 bits per heavy atom. The molecule has 0 radical (unpaired) electrons. The second kappa shape index (κ2) is 23.5. The van der Waals surface area contributed by atoms with Crippen LogP contribution in [0.15, 0.2) is 182 Å². The Balaban J connectivity index is 1.13. The average molecular weight is 967 g/mol. The highest BCUT2D eigenvalue weighted by molar-refractivity contribution is 5.92. The highest BCUT2D eigenvalue weighted by Gasteiger charge is 2.55. The Morgan fingerprint density at radius 3 is 1.03 bits per heavy atom. The summed E-state index contributed by atoms with van der Waals surface area (Å²) in [6, 6.07) is 46.7. The molecule has 2 aliphatic rings. The van der Waals surface area contributed by atoms with Crippen molar-refractivity contribution in [2.45, 2.75) is 61.4 Å². The summed E-state index contributed by atoms with van der Waals surface area (Å²) < 4.78 is 53.6. The third kappa shape index (κ3) is 12.4. The summed E-state index contributed by atoms with van der Waals surface area (Å²) in [5.74, 6) is -5.49. The smallest absolute Gasteiger partial charge is 0.338 e. The minimum absolute atomic E-state index is 0.0545. The van der Waals surface area contributed by atoms with Crippen LogP contribution in [0.5, 0.6) is 0 Å². The molecule has 2 saturated heterocycles. The van der Waals surface area contributed by atoms with E-state index in [1.807, 2.05) is 0 Å². The van der Waals surface area contributed by atoms with Crippen LogP contribution < -0.4 is 0 Å². The molecule has 0 bridgehead atoms. The van der Waals surface area contributed by atoms with Gasteiger partial charge >= 0.3 is 35.8 Å². The molecule has 17 heteroatoms. The average Bonchev–Trinajstić information content (AvgIpc) is 3.42. The van der Waals surface area contributed by atoms with E-state index in [0.29, 0.717) is 0 Å². The van der Waals surface area contributed by atoms with E-state index >= 15 is 0 Å². The maximum atomic E-state index is 13.9. The minimum atomic E-state index is -2.07. The lowest BCUT2D eigenvalue weighted by atomic mass is 9.97. The first-order chi connectivity index (χ1) is 34.5. The van der Waals surface area contributed by atoms with Gasteiger partial charge in [-0.25, -0.2) is 28.8 Å². The monoisotopic (exact) mass is 966 g/mol. The van der Waals surface area contributed by atoms with Crippen molar-refractivity contribution >= 4 is 35.8 Å². The molecule has 2 aliphatic heterocycles. The molecule has 0 saturated carbocycles. The van der Waals surface area contributed by atoms with Gasteiger partial charge in [-0.3, -0.25) is 0 Å². The van der Waals surface area contributed by atoms with Crippen molar-refractivity contribution in [3.63, 3.8) is 0 Å². The molecule has 0 aliphatic carbocycles. The summed E-state index contributed by atoms with van der Waals surface area (Å²) in [7, 11) is 0. The van der Waals surface area contributed by atoms with Gasteiger partial charge in [-0.2, -0.15) is 0 Å². The SMILES string of the molecule is O=C(OC[C@H]1O[C@H](OC[C@H]2O[C@H](O)[C@@H](OC(=O)c3ccccc3)[C@@H](OC(=O)c3ccccc3)[C@@H]2OC(=O)c2ccccc2)[C@@H](O)[C@@H](OC(=O)c2ccccc2)[C@@H]1OC(=O)c1ccccc1)c1ccccc1. The van der Waals surface area contributed by atoms with Crippen LogP contribution in [-0.4, -0.2) is 121 Å². The number of aliphatic hydroxyl groups is 2. The van der Waals surface area contributed by atoms with E-state index in [-0.39, 0.29) is 33.4 Å². The molecule has 2 N–H and O–H groups in total. The second-order valence-electron chi connectivity index (χ2n) is 16.1. The van der Waals surface area contributed by atoms with E-state index in [9.17, 15) is 39.0 Å². The van der Waals surface area contributed by atoms with E-state index in [0.717, 1.165) is 0 Å². The van der Waals surface area contributed by atoms with E-state index in [1.165, 1.54) is 72.8 Å². The number of hydrogen-bond acceptors (Lipinski definition) is 17. The third-order valence-electron chi connectivity index (χ3n) is 11.3. The number of rotatable bonds is 16. The topological polar surface area (TPSA) is 226 Å². The lowest BCUT2D eigenvalue weighted by Gasteiger charge is -2.45. The van der Waals surface area contributed by atoms with E-state index in [2.05, 4.69) is 0 Å². The summed E-state index contributed by atoms with van der Waals surface area (Å²) in [5.41, 5.74) is 0.503. The Bertz CT molecular complexity index is 2730.